The van der Waals surface area contributed by atoms with Crippen molar-refractivity contribution in [2.45, 2.75) is 12.7 Å². The van der Waals surface area contributed by atoms with Crippen molar-refractivity contribution in [3.8, 4) is 0 Å². The molecule has 23 heavy (non-hydrogen) atoms. The number of para-hydroxylation sites is 1. The molecule has 0 saturated heterocycles. The van der Waals surface area contributed by atoms with Crippen molar-refractivity contribution >= 4 is 23.1 Å². The molecule has 1 heterocycles. The van der Waals surface area contributed by atoms with Gasteiger partial charge >= 0.3 is 6.18 Å². The Morgan fingerprint density at radius 1 is 1.09 bits per heavy atom. The van der Waals surface area contributed by atoms with E-state index in [1.54, 1.807) is 24.3 Å². The number of H-pyrrole nitrogens is 1. The second-order valence-corrected chi connectivity index (χ2v) is 5.45. The van der Waals surface area contributed by atoms with Gasteiger partial charge in [0, 0.05) is 0 Å². The lowest BCUT2D eigenvalue weighted by Crippen LogP contribution is -2.23. The maximum Gasteiger partial charge on any atom is 0.416 e. The third-order valence-corrected chi connectivity index (χ3v) is 3.81. The third-order valence-electron chi connectivity index (χ3n) is 3.48. The van der Waals surface area contributed by atoms with Gasteiger partial charge in [-0.15, -0.1) is 0 Å². The first-order chi connectivity index (χ1) is 10.9. The molecule has 0 saturated carbocycles. The zero-order chi connectivity index (χ0) is 16.6. The van der Waals surface area contributed by atoms with E-state index in [1.165, 1.54) is 16.7 Å². The molecule has 0 fully saturated rings. The summed E-state index contributed by atoms with van der Waals surface area (Å²) in [5.41, 5.74) is -0.125. The molecular formula is C16H11F3N2OS. The summed E-state index contributed by atoms with van der Waals surface area (Å²) in [5, 5.41) is 0.438. The number of nitrogens with one attached hydrogen (secondary N) is 1. The van der Waals surface area contributed by atoms with Crippen LogP contribution in [-0.2, 0) is 12.7 Å². The first-order valence-electron chi connectivity index (χ1n) is 6.74. The number of halogens is 3. The molecule has 1 aromatic heterocycles. The Morgan fingerprint density at radius 3 is 2.57 bits per heavy atom. The lowest BCUT2D eigenvalue weighted by molar-refractivity contribution is -0.137. The van der Waals surface area contributed by atoms with Gasteiger partial charge in [0.15, 0.2) is 4.77 Å². The molecule has 0 aliphatic heterocycles. The Bertz CT molecular complexity index is 989. The molecule has 0 unspecified atom stereocenters. The van der Waals surface area contributed by atoms with Crippen LogP contribution >= 0.6 is 12.2 Å². The summed E-state index contributed by atoms with van der Waals surface area (Å²) in [6.07, 6.45) is -4.42. The van der Waals surface area contributed by atoms with Crippen LogP contribution in [0.3, 0.4) is 0 Å². The van der Waals surface area contributed by atoms with Crippen LogP contribution in [0.4, 0.5) is 13.2 Å². The van der Waals surface area contributed by atoms with E-state index in [2.05, 4.69) is 4.98 Å². The number of aromatic amines is 1. The third kappa shape index (κ3) is 3.05. The predicted molar refractivity (Wildman–Crippen MR) is 83.9 cm³/mol. The minimum Gasteiger partial charge on any atom is -0.332 e. The van der Waals surface area contributed by atoms with E-state index in [1.807, 2.05) is 0 Å². The van der Waals surface area contributed by atoms with Gasteiger partial charge in [-0.2, -0.15) is 13.2 Å². The number of benzene rings is 2. The van der Waals surface area contributed by atoms with Crippen LogP contribution in [0.1, 0.15) is 11.1 Å². The van der Waals surface area contributed by atoms with Gasteiger partial charge in [-0.3, -0.25) is 9.36 Å². The Labute approximate surface area is 134 Å². The second kappa shape index (κ2) is 5.66. The summed E-state index contributed by atoms with van der Waals surface area (Å²) >= 11 is 5.16. The van der Waals surface area contributed by atoms with Crippen LogP contribution in [0, 0.1) is 4.77 Å². The molecule has 118 valence electrons. The Hall–Kier alpha value is -2.41. The number of rotatable bonds is 2. The van der Waals surface area contributed by atoms with Gasteiger partial charge in [0.2, 0.25) is 0 Å². The first kappa shape index (κ1) is 15.5. The van der Waals surface area contributed by atoms with E-state index in [0.29, 0.717) is 16.5 Å². The fraction of sp³-hybridized carbons (Fsp3) is 0.125. The number of fused-ring (bicyclic) bond motifs is 1. The number of aromatic nitrogens is 2. The fourth-order valence-electron chi connectivity index (χ4n) is 2.37. The van der Waals surface area contributed by atoms with Crippen molar-refractivity contribution in [3.63, 3.8) is 0 Å². The molecule has 0 aliphatic carbocycles. The van der Waals surface area contributed by atoms with Gasteiger partial charge in [-0.25, -0.2) is 0 Å². The van der Waals surface area contributed by atoms with Crippen molar-refractivity contribution in [2.75, 3.05) is 0 Å². The Kier molecular flexibility index (Phi) is 3.81. The lowest BCUT2D eigenvalue weighted by Gasteiger charge is -2.11. The highest BCUT2D eigenvalue weighted by molar-refractivity contribution is 7.71. The van der Waals surface area contributed by atoms with Gasteiger partial charge in [-0.1, -0.05) is 24.3 Å². The highest BCUT2D eigenvalue weighted by atomic mass is 32.1. The molecule has 3 nitrogen and oxygen atoms in total. The molecule has 3 aromatic rings. The van der Waals surface area contributed by atoms with Crippen LogP contribution in [0.5, 0.6) is 0 Å². The maximum absolute atomic E-state index is 12.8. The van der Waals surface area contributed by atoms with Crippen molar-refractivity contribution in [2.24, 2.45) is 0 Å². The first-order valence-corrected chi connectivity index (χ1v) is 7.15. The topological polar surface area (TPSA) is 37.8 Å². The predicted octanol–water partition coefficient (Wildman–Crippen LogP) is 4.13. The van der Waals surface area contributed by atoms with E-state index >= 15 is 0 Å². The molecule has 2 aromatic carbocycles. The van der Waals surface area contributed by atoms with E-state index in [-0.39, 0.29) is 16.9 Å². The zero-order valence-corrected chi connectivity index (χ0v) is 12.5. The Morgan fingerprint density at radius 2 is 1.83 bits per heavy atom. The molecule has 0 radical (unpaired) electrons. The summed E-state index contributed by atoms with van der Waals surface area (Å²) in [4.78, 5) is 15.4. The smallest absolute Gasteiger partial charge is 0.332 e. The summed E-state index contributed by atoms with van der Waals surface area (Å²) in [6.45, 7) is -0.0249. The summed E-state index contributed by atoms with van der Waals surface area (Å²) in [6, 6.07) is 11.7. The summed E-state index contributed by atoms with van der Waals surface area (Å²) in [5.74, 6) is 0. The van der Waals surface area contributed by atoms with Gasteiger partial charge in [0.05, 0.1) is 23.0 Å². The SMILES string of the molecule is O=c1c2ccccc2[nH]c(=S)n1Cc1cccc(C(F)(F)F)c1. The van der Waals surface area contributed by atoms with Crippen LogP contribution in [0.15, 0.2) is 53.3 Å². The van der Waals surface area contributed by atoms with Crippen molar-refractivity contribution < 1.29 is 13.2 Å². The zero-order valence-electron chi connectivity index (χ0n) is 11.7. The average molecular weight is 336 g/mol. The second-order valence-electron chi connectivity index (χ2n) is 5.07. The van der Waals surface area contributed by atoms with Crippen LogP contribution in [0.25, 0.3) is 10.9 Å². The quantitative estimate of drug-likeness (QED) is 0.715. The minimum absolute atomic E-state index is 0.0249. The van der Waals surface area contributed by atoms with Crippen LogP contribution in [0.2, 0.25) is 0 Å². The highest BCUT2D eigenvalue weighted by Gasteiger charge is 2.30. The normalized spacial score (nSPS) is 11.8. The number of alkyl halides is 3. The maximum atomic E-state index is 12.8. The molecule has 0 bridgehead atoms. The van der Waals surface area contributed by atoms with Crippen LogP contribution < -0.4 is 5.56 Å². The van der Waals surface area contributed by atoms with Crippen LogP contribution in [-0.4, -0.2) is 9.55 Å². The lowest BCUT2D eigenvalue weighted by atomic mass is 10.1. The van der Waals surface area contributed by atoms with Crippen molar-refractivity contribution in [1.29, 1.82) is 0 Å². The Balaban J connectivity index is 2.09. The average Bonchev–Trinajstić information content (AvgIpc) is 2.51. The monoisotopic (exact) mass is 336 g/mol. The fourth-order valence-corrected chi connectivity index (χ4v) is 2.63. The minimum atomic E-state index is -4.42. The van der Waals surface area contributed by atoms with Crippen molar-refractivity contribution in [1.82, 2.24) is 9.55 Å². The highest BCUT2D eigenvalue weighted by Crippen LogP contribution is 2.29. The van der Waals surface area contributed by atoms with Gasteiger partial charge in [-0.05, 0) is 42.0 Å². The standard InChI is InChI=1S/C16H11F3N2OS/c17-16(18,19)11-5-3-4-10(8-11)9-21-14(22)12-6-1-2-7-13(12)20-15(21)23/h1-8H,9H2,(H,20,23). The van der Waals surface area contributed by atoms with Gasteiger partial charge < -0.3 is 4.98 Å². The molecule has 0 atom stereocenters. The summed E-state index contributed by atoms with van der Waals surface area (Å²) < 4.78 is 39.8. The molecule has 0 spiro atoms. The van der Waals surface area contributed by atoms with Crippen molar-refractivity contribution in [3.05, 3.63) is 74.8 Å². The molecule has 7 heteroatoms. The molecular weight excluding hydrogens is 325 g/mol. The van der Waals surface area contributed by atoms with E-state index in [9.17, 15) is 18.0 Å². The molecule has 0 aliphatic rings. The van der Waals surface area contributed by atoms with E-state index < -0.39 is 11.7 Å². The van der Waals surface area contributed by atoms with E-state index in [0.717, 1.165) is 12.1 Å². The number of nitrogens with zero attached hydrogens (tertiary/aromatic N) is 1. The summed E-state index contributed by atoms with van der Waals surface area (Å²) in [7, 11) is 0. The molecule has 1 N–H and O–H groups in total. The largest absolute Gasteiger partial charge is 0.416 e. The van der Waals surface area contributed by atoms with Gasteiger partial charge in [0.1, 0.15) is 0 Å². The molecule has 3 rings (SSSR count). The van der Waals surface area contributed by atoms with E-state index in [4.69, 9.17) is 12.2 Å². The van der Waals surface area contributed by atoms with Gasteiger partial charge in [0.25, 0.3) is 5.56 Å². The number of hydrogen-bond donors (Lipinski definition) is 1. The number of hydrogen-bond acceptors (Lipinski definition) is 2. The molecule has 0 amide bonds.